The zero-order valence-corrected chi connectivity index (χ0v) is 14.2. The molecule has 114 valence electrons. The number of thiazole rings is 1. The van der Waals surface area contributed by atoms with Crippen molar-refractivity contribution < 1.29 is 0 Å². The second-order valence-corrected chi connectivity index (χ2v) is 7.70. The van der Waals surface area contributed by atoms with Gasteiger partial charge in [0.25, 0.3) is 0 Å². The smallest absolute Gasteiger partial charge is 0.0798 e. The molecule has 0 amide bonds. The van der Waals surface area contributed by atoms with Crippen LogP contribution in [0.3, 0.4) is 0 Å². The van der Waals surface area contributed by atoms with Gasteiger partial charge in [-0.3, -0.25) is 0 Å². The van der Waals surface area contributed by atoms with Crippen molar-refractivity contribution >= 4 is 11.3 Å². The highest BCUT2D eigenvalue weighted by Gasteiger charge is 2.35. The molecule has 1 aliphatic rings. The molecular formula is C16H29N3S. The first-order valence-corrected chi connectivity index (χ1v) is 8.65. The lowest BCUT2D eigenvalue weighted by Gasteiger charge is -2.42. The van der Waals surface area contributed by atoms with E-state index < -0.39 is 0 Å². The maximum atomic E-state index is 4.36. The molecule has 1 N–H and O–H groups in total. The molecule has 1 aromatic heterocycles. The van der Waals surface area contributed by atoms with Gasteiger partial charge in [-0.15, -0.1) is 11.3 Å². The standard InChI is InChI=1S/C16H29N3S/c1-13-6-5-7-16(8-13,10-17-3)11-19(4)9-15-14(2)18-12-20-15/h12-13,17H,5-11H2,1-4H3. The first kappa shape index (κ1) is 15.9. The van der Waals surface area contributed by atoms with Gasteiger partial charge < -0.3 is 10.2 Å². The fraction of sp³-hybridized carbons (Fsp3) is 0.812. The minimum Gasteiger partial charge on any atom is -0.319 e. The number of nitrogens with zero attached hydrogens (tertiary/aromatic N) is 2. The highest BCUT2D eigenvalue weighted by Crippen LogP contribution is 2.39. The van der Waals surface area contributed by atoms with E-state index in [1.165, 1.54) is 42.8 Å². The molecule has 2 atom stereocenters. The summed E-state index contributed by atoms with van der Waals surface area (Å²) in [6.07, 6.45) is 5.52. The van der Waals surface area contributed by atoms with Gasteiger partial charge in [-0.1, -0.05) is 19.8 Å². The van der Waals surface area contributed by atoms with Crippen LogP contribution >= 0.6 is 11.3 Å². The second-order valence-electron chi connectivity index (χ2n) is 6.77. The van der Waals surface area contributed by atoms with Crippen molar-refractivity contribution in [3.05, 3.63) is 16.1 Å². The Hall–Kier alpha value is -0.450. The van der Waals surface area contributed by atoms with E-state index in [-0.39, 0.29) is 0 Å². The summed E-state index contributed by atoms with van der Waals surface area (Å²) >= 11 is 1.78. The lowest BCUT2D eigenvalue weighted by atomic mass is 9.69. The number of aryl methyl sites for hydroxylation is 1. The summed E-state index contributed by atoms with van der Waals surface area (Å²) in [6, 6.07) is 0. The number of aromatic nitrogens is 1. The Labute approximate surface area is 127 Å². The van der Waals surface area contributed by atoms with Gasteiger partial charge >= 0.3 is 0 Å². The molecule has 0 aromatic carbocycles. The Kier molecular flexibility index (Phi) is 5.58. The molecule has 0 aliphatic heterocycles. The van der Waals surface area contributed by atoms with E-state index in [0.29, 0.717) is 5.41 Å². The summed E-state index contributed by atoms with van der Waals surface area (Å²) in [6.45, 7) is 7.90. The summed E-state index contributed by atoms with van der Waals surface area (Å²) in [5.41, 5.74) is 3.62. The van der Waals surface area contributed by atoms with Gasteiger partial charge in [0.05, 0.1) is 11.2 Å². The van der Waals surface area contributed by atoms with Crippen molar-refractivity contribution in [2.24, 2.45) is 11.3 Å². The summed E-state index contributed by atoms with van der Waals surface area (Å²) in [7, 11) is 4.35. The van der Waals surface area contributed by atoms with Crippen molar-refractivity contribution in [1.82, 2.24) is 15.2 Å². The van der Waals surface area contributed by atoms with E-state index >= 15 is 0 Å². The minimum atomic E-state index is 0.458. The van der Waals surface area contributed by atoms with E-state index in [9.17, 15) is 0 Å². The lowest BCUT2D eigenvalue weighted by molar-refractivity contribution is 0.0913. The molecule has 1 heterocycles. The molecule has 1 aliphatic carbocycles. The Morgan fingerprint density at radius 1 is 1.55 bits per heavy atom. The molecule has 0 saturated heterocycles. The maximum Gasteiger partial charge on any atom is 0.0798 e. The van der Waals surface area contributed by atoms with Gasteiger partial charge in [-0.05, 0) is 45.2 Å². The third-order valence-corrected chi connectivity index (χ3v) is 5.52. The van der Waals surface area contributed by atoms with Gasteiger partial charge in [0, 0.05) is 24.5 Å². The van der Waals surface area contributed by atoms with Crippen LogP contribution in [-0.4, -0.2) is 37.1 Å². The third kappa shape index (κ3) is 4.03. The molecule has 1 fully saturated rings. The molecule has 0 bridgehead atoms. The van der Waals surface area contributed by atoms with Crippen molar-refractivity contribution in [2.75, 3.05) is 27.2 Å². The highest BCUT2D eigenvalue weighted by atomic mass is 32.1. The summed E-state index contributed by atoms with van der Waals surface area (Å²) in [4.78, 5) is 8.27. The second kappa shape index (κ2) is 7.01. The van der Waals surface area contributed by atoms with Gasteiger partial charge in [0.2, 0.25) is 0 Å². The fourth-order valence-electron chi connectivity index (χ4n) is 3.86. The van der Waals surface area contributed by atoms with Gasteiger partial charge in [0.15, 0.2) is 0 Å². The zero-order chi connectivity index (χ0) is 14.6. The highest BCUT2D eigenvalue weighted by molar-refractivity contribution is 7.09. The van der Waals surface area contributed by atoms with Crippen LogP contribution in [-0.2, 0) is 6.54 Å². The van der Waals surface area contributed by atoms with E-state index in [2.05, 4.69) is 43.1 Å². The molecule has 1 saturated carbocycles. The maximum absolute atomic E-state index is 4.36. The first-order valence-electron chi connectivity index (χ1n) is 7.77. The predicted molar refractivity (Wildman–Crippen MR) is 87.2 cm³/mol. The monoisotopic (exact) mass is 295 g/mol. The molecular weight excluding hydrogens is 266 g/mol. The summed E-state index contributed by atoms with van der Waals surface area (Å²) in [5.74, 6) is 0.871. The Morgan fingerprint density at radius 2 is 2.35 bits per heavy atom. The molecule has 20 heavy (non-hydrogen) atoms. The lowest BCUT2D eigenvalue weighted by Crippen LogP contribution is -2.44. The number of hydrogen-bond acceptors (Lipinski definition) is 4. The van der Waals surface area contributed by atoms with Crippen molar-refractivity contribution in [1.29, 1.82) is 0 Å². The first-order chi connectivity index (χ1) is 9.54. The molecule has 3 nitrogen and oxygen atoms in total. The van der Waals surface area contributed by atoms with Crippen LogP contribution in [0.25, 0.3) is 0 Å². The molecule has 0 radical (unpaired) electrons. The van der Waals surface area contributed by atoms with E-state index in [1.807, 2.05) is 5.51 Å². The third-order valence-electron chi connectivity index (χ3n) is 4.60. The topological polar surface area (TPSA) is 28.2 Å². The SMILES string of the molecule is CNCC1(CN(C)Cc2scnc2C)CCCC(C)C1. The average molecular weight is 295 g/mol. The largest absolute Gasteiger partial charge is 0.319 e. The predicted octanol–water partition coefficient (Wildman–Crippen LogP) is 3.30. The van der Waals surface area contributed by atoms with Crippen molar-refractivity contribution in [3.63, 3.8) is 0 Å². The van der Waals surface area contributed by atoms with Crippen LogP contribution < -0.4 is 5.32 Å². The van der Waals surface area contributed by atoms with E-state index in [4.69, 9.17) is 0 Å². The molecule has 4 heteroatoms. The van der Waals surface area contributed by atoms with Crippen LogP contribution in [0.5, 0.6) is 0 Å². The number of rotatable bonds is 6. The van der Waals surface area contributed by atoms with Crippen LogP contribution in [0.1, 0.15) is 43.2 Å². The van der Waals surface area contributed by atoms with Crippen molar-refractivity contribution in [2.45, 2.75) is 46.1 Å². The Balaban J connectivity index is 1.98. The molecule has 2 rings (SSSR count). The molecule has 1 aromatic rings. The number of hydrogen-bond donors (Lipinski definition) is 1. The average Bonchev–Trinajstić information content (AvgIpc) is 2.74. The molecule has 2 unspecified atom stereocenters. The minimum absolute atomic E-state index is 0.458. The van der Waals surface area contributed by atoms with Gasteiger partial charge in [-0.2, -0.15) is 0 Å². The van der Waals surface area contributed by atoms with Crippen LogP contribution in [0.4, 0.5) is 0 Å². The van der Waals surface area contributed by atoms with E-state index in [0.717, 1.165) is 19.0 Å². The molecule has 0 spiro atoms. The van der Waals surface area contributed by atoms with Crippen molar-refractivity contribution in [3.8, 4) is 0 Å². The Morgan fingerprint density at radius 3 is 2.95 bits per heavy atom. The Bertz CT molecular complexity index is 414. The summed E-state index contributed by atoms with van der Waals surface area (Å²) < 4.78 is 0. The van der Waals surface area contributed by atoms with Gasteiger partial charge in [-0.25, -0.2) is 4.98 Å². The van der Waals surface area contributed by atoms with Crippen LogP contribution in [0.15, 0.2) is 5.51 Å². The normalized spacial score (nSPS) is 27.1. The quantitative estimate of drug-likeness (QED) is 0.873. The fourth-order valence-corrected chi connectivity index (χ4v) is 4.71. The van der Waals surface area contributed by atoms with Gasteiger partial charge in [0.1, 0.15) is 0 Å². The van der Waals surface area contributed by atoms with Crippen LogP contribution in [0.2, 0.25) is 0 Å². The summed E-state index contributed by atoms with van der Waals surface area (Å²) in [5, 5.41) is 3.44. The number of nitrogens with one attached hydrogen (secondary N) is 1. The van der Waals surface area contributed by atoms with E-state index in [1.54, 1.807) is 11.3 Å². The zero-order valence-electron chi connectivity index (χ0n) is 13.4. The van der Waals surface area contributed by atoms with Crippen LogP contribution in [0, 0.1) is 18.3 Å².